The maximum absolute atomic E-state index is 7.41. The van der Waals surface area contributed by atoms with Crippen molar-refractivity contribution in [2.75, 3.05) is 4.90 Å². The summed E-state index contributed by atoms with van der Waals surface area (Å²) < 4.78 is 2.02. The number of hydrogen-bond donors (Lipinski definition) is 0. The van der Waals surface area contributed by atoms with E-state index in [1.165, 1.54) is 11.1 Å². The van der Waals surface area contributed by atoms with Gasteiger partial charge in [0, 0.05) is 176 Å². The minimum absolute atomic E-state index is 0.436. The number of nitrogens with zero attached hydrogens (tertiary/aromatic N) is 2. The molecule has 3 aliphatic rings. The predicted octanol–water partition coefficient (Wildman–Crippen LogP) is 10.5. The highest BCUT2D eigenvalue weighted by atomic mass is 35.5. The first-order chi connectivity index (χ1) is 41.7. The molecule has 0 spiro atoms. The molecule has 2 aliphatic heterocycles. The first kappa shape index (κ1) is 59.1. The average molecular weight is 1080 g/mol. The monoisotopic (exact) mass is 1080 g/mol. The van der Waals surface area contributed by atoms with Crippen LogP contribution in [0.2, 0.25) is 0 Å². The van der Waals surface area contributed by atoms with Crippen LogP contribution in [0.3, 0.4) is 0 Å². The molecule has 2 heterocycles. The van der Waals surface area contributed by atoms with E-state index in [1.807, 2.05) is 9.48 Å². The van der Waals surface area contributed by atoms with Gasteiger partial charge in [-0.1, -0.05) is 92.2 Å². The summed E-state index contributed by atoms with van der Waals surface area (Å²) in [4.78, 5) is 2.02. The van der Waals surface area contributed by atoms with Crippen LogP contribution in [0.25, 0.3) is 21.5 Å². The van der Waals surface area contributed by atoms with Gasteiger partial charge in [-0.25, -0.2) is 0 Å². The highest BCUT2D eigenvalue weighted by molar-refractivity contribution is 6.32. The van der Waals surface area contributed by atoms with Crippen LogP contribution < -0.4 is 4.90 Å². The molecule has 1 aliphatic carbocycles. The van der Waals surface area contributed by atoms with Crippen molar-refractivity contribution in [1.82, 2.24) is 0 Å². The molecule has 3 heteroatoms. The zero-order valence-electron chi connectivity index (χ0n) is 46.3. The molecule has 0 amide bonds. The van der Waals surface area contributed by atoms with Gasteiger partial charge in [-0.2, -0.15) is 0 Å². The molecule has 2 nitrogen and oxygen atoms in total. The second-order valence-corrected chi connectivity index (χ2v) is 18.6. The van der Waals surface area contributed by atoms with Crippen molar-refractivity contribution in [3.05, 3.63) is 130 Å². The number of hydrogen-bond acceptors (Lipinski definition) is 1. The lowest BCUT2D eigenvalue weighted by Crippen LogP contribution is -2.26. The number of halogens is 1. The van der Waals surface area contributed by atoms with Gasteiger partial charge in [0.1, 0.15) is 0 Å². The zero-order valence-corrected chi connectivity index (χ0v) is 47.0. The van der Waals surface area contributed by atoms with Crippen LogP contribution in [0, 0.1) is 262 Å². The molecule has 0 atom stereocenters. The Morgan fingerprint density at radius 2 is 0.847 bits per heavy atom. The number of fused-ring (bicyclic) bond motifs is 6. The van der Waals surface area contributed by atoms with Gasteiger partial charge in [0.25, 0.3) is 0 Å². The lowest BCUT2D eigenvalue weighted by Gasteiger charge is -2.24. The molecule has 4 aromatic rings. The van der Waals surface area contributed by atoms with Gasteiger partial charge in [0.05, 0.1) is 17.0 Å². The molecule has 0 N–H and O–H groups in total. The lowest BCUT2D eigenvalue weighted by atomic mass is 9.78. The van der Waals surface area contributed by atoms with E-state index in [1.54, 1.807) is 0 Å². The highest BCUT2D eigenvalue weighted by Crippen LogP contribution is 2.51. The van der Waals surface area contributed by atoms with Crippen molar-refractivity contribution in [1.29, 1.82) is 0 Å². The Morgan fingerprint density at radius 1 is 0.435 bits per heavy atom. The third-order valence-corrected chi connectivity index (χ3v) is 12.9. The largest absolute Gasteiger partial charge is 0.272 e. The molecule has 0 bridgehead atoms. The van der Waals surface area contributed by atoms with Gasteiger partial charge >= 0.3 is 0 Å². The summed E-state index contributed by atoms with van der Waals surface area (Å²) in [6.45, 7) is 8.89. The van der Waals surface area contributed by atoms with Crippen LogP contribution in [-0.2, 0) is 10.8 Å². The molecule has 0 saturated carbocycles. The summed E-state index contributed by atoms with van der Waals surface area (Å²) in [5.74, 6) is 104. The van der Waals surface area contributed by atoms with E-state index in [2.05, 4.69) is 374 Å². The summed E-state index contributed by atoms with van der Waals surface area (Å²) in [7, 11) is 0. The van der Waals surface area contributed by atoms with Gasteiger partial charge in [-0.15, -0.1) is 17.4 Å². The van der Waals surface area contributed by atoms with E-state index in [9.17, 15) is 0 Å². The van der Waals surface area contributed by atoms with Crippen LogP contribution in [0.15, 0.2) is 119 Å². The van der Waals surface area contributed by atoms with Crippen LogP contribution in [-0.4, -0.2) is 10.3 Å². The Morgan fingerprint density at radius 3 is 1.32 bits per heavy atom. The molecule has 0 unspecified atom stereocenters. The summed E-state index contributed by atoms with van der Waals surface area (Å²) in [6, 6.07) is 31.9. The van der Waals surface area contributed by atoms with Crippen molar-refractivity contribution < 1.29 is 4.58 Å². The number of benzene rings is 4. The Kier molecular flexibility index (Phi) is 21.7. The van der Waals surface area contributed by atoms with E-state index in [-0.39, 0.29) is 0 Å². The van der Waals surface area contributed by atoms with Crippen molar-refractivity contribution in [2.24, 2.45) is 0 Å². The Labute approximate surface area is 506 Å². The average Bonchev–Trinajstić information content (AvgIpc) is 1.84. The summed E-state index contributed by atoms with van der Waals surface area (Å²) >= 11 is 7.41. The van der Waals surface area contributed by atoms with Crippen LogP contribution >= 0.6 is 11.6 Å². The Hall–Kier alpha value is -13.6. The lowest BCUT2D eigenvalue weighted by molar-refractivity contribution is -0.332. The maximum Gasteiger partial charge on any atom is 0.243 e. The fraction of sp³-hybridized carbons (Fsp3) is 0.110. The van der Waals surface area contributed by atoms with Gasteiger partial charge in [-0.3, -0.25) is 4.90 Å². The van der Waals surface area contributed by atoms with Crippen molar-refractivity contribution in [3.8, 4) is 262 Å². The van der Waals surface area contributed by atoms with Crippen molar-refractivity contribution >= 4 is 50.2 Å². The number of allylic oxidation sites excluding steroid dienone is 8. The SMILES string of the molecule is C#CC#CC#CC#CC#CC#CC#CC#CC#CC#CC#CN1C(=CC=C2CCCC(C=CC3=[N+](C#CC#CC#CC#CC#CC#CC#CC#CC#CC#CC#C)c4ccc5ccccc5c4C3(C)C)=C2Cl)C(C)(C)c2c1ccc1ccccc21. The van der Waals surface area contributed by atoms with Crippen LogP contribution in [0.1, 0.15) is 58.1 Å². The number of rotatable bonds is 3. The van der Waals surface area contributed by atoms with E-state index in [0.29, 0.717) is 0 Å². The molecule has 0 fully saturated rings. The second-order valence-electron chi connectivity index (χ2n) is 18.2. The molecule has 85 heavy (non-hydrogen) atoms. The number of anilines is 1. The van der Waals surface area contributed by atoms with E-state index in [0.717, 1.165) is 79.8 Å². The molecule has 4 aromatic carbocycles. The highest BCUT2D eigenvalue weighted by Gasteiger charge is 2.46. The molecule has 0 aromatic heterocycles. The fourth-order valence-electron chi connectivity index (χ4n) is 8.96. The smallest absolute Gasteiger partial charge is 0.243 e. The van der Waals surface area contributed by atoms with Gasteiger partial charge in [-0.05, 0) is 184 Å². The van der Waals surface area contributed by atoms with Crippen molar-refractivity contribution in [2.45, 2.75) is 57.8 Å². The first-order valence-electron chi connectivity index (χ1n) is 25.6. The first-order valence-corrected chi connectivity index (χ1v) is 26.0. The van der Waals surface area contributed by atoms with Gasteiger partial charge < -0.3 is 0 Å². The quantitative estimate of drug-likeness (QED) is 0.146. The normalized spacial score (nSPS) is 12.7. The molecular formula is C82H36ClN2+. The van der Waals surface area contributed by atoms with Crippen LogP contribution in [0.4, 0.5) is 11.4 Å². The van der Waals surface area contributed by atoms with E-state index in [4.69, 9.17) is 24.4 Å². The maximum atomic E-state index is 7.41. The minimum atomic E-state index is -0.436. The van der Waals surface area contributed by atoms with Gasteiger partial charge in [0.15, 0.2) is 0 Å². The van der Waals surface area contributed by atoms with Crippen molar-refractivity contribution in [3.63, 3.8) is 0 Å². The third kappa shape index (κ3) is 16.3. The molecule has 0 radical (unpaired) electrons. The predicted molar refractivity (Wildman–Crippen MR) is 347 cm³/mol. The second kappa shape index (κ2) is 31.1. The molecule has 7 rings (SSSR count). The van der Waals surface area contributed by atoms with E-state index < -0.39 is 10.8 Å². The third-order valence-electron chi connectivity index (χ3n) is 12.4. The summed E-state index contributed by atoms with van der Waals surface area (Å²) in [5.41, 5.74) is 7.49. The molecule has 0 saturated heterocycles. The van der Waals surface area contributed by atoms with Crippen LogP contribution in [0.5, 0.6) is 0 Å². The number of terminal acetylenes is 2. The standard InChI is InChI=1S/C82H36ClN2/c1-7-9-11-13-15-17-19-21-23-25-27-29-31-33-35-37-39-41-43-49-66-84-74-62-58-68-52-45-47-56-72(68)78(74)81(3,4)76(84)64-60-70-54-51-55-71(80(70)83)61-65-77-82(5,6)79-73-57-48-46-53-69(73)59-63-75(79)85(77)67-50-44-42-40-38-36-34-32-30-28-26-24-22-20-18-16-14-12-10-8-2/h1-2,45-48,52-53,56-65H,51,54-55H2,3-6H3/q+1. The summed E-state index contributed by atoms with van der Waals surface area (Å²) in [6.07, 6.45) is 21.1. The summed E-state index contributed by atoms with van der Waals surface area (Å²) in [5, 5.41) is 5.32. The Balaban J connectivity index is 1.13. The zero-order chi connectivity index (χ0) is 59.8. The minimum Gasteiger partial charge on any atom is -0.272 e. The van der Waals surface area contributed by atoms with Gasteiger partial charge in [0.2, 0.25) is 17.4 Å². The molecular weight excluding hydrogens is 1050 g/mol. The Bertz CT molecular complexity index is 5250. The topological polar surface area (TPSA) is 6.25 Å². The van der Waals surface area contributed by atoms with E-state index >= 15 is 0 Å². The fourth-order valence-corrected chi connectivity index (χ4v) is 9.27. The molecule has 380 valence electrons.